The van der Waals surface area contributed by atoms with Gasteiger partial charge >= 0.3 is 0 Å². The lowest BCUT2D eigenvalue weighted by atomic mass is 10.1. The van der Waals surface area contributed by atoms with Gasteiger partial charge in [-0.3, -0.25) is 4.79 Å². The number of benzene rings is 1. The molecule has 0 aliphatic carbocycles. The van der Waals surface area contributed by atoms with Crippen LogP contribution >= 0.6 is 0 Å². The Hall–Kier alpha value is -2.08. The van der Waals surface area contributed by atoms with Crippen molar-refractivity contribution >= 4 is 12.0 Å². The highest BCUT2D eigenvalue weighted by Crippen LogP contribution is 2.07. The Morgan fingerprint density at radius 3 is 2.43 bits per heavy atom. The van der Waals surface area contributed by atoms with E-state index < -0.39 is 5.91 Å². The zero-order valence-electron chi connectivity index (χ0n) is 7.82. The van der Waals surface area contributed by atoms with Crippen LogP contribution in [0.4, 0.5) is 0 Å². The number of nitrogens with zero attached hydrogens (tertiary/aromatic N) is 1. The summed E-state index contributed by atoms with van der Waals surface area (Å²) in [5, 5.41) is 8.59. The number of hydrogen-bond acceptors (Lipinski definition) is 2. The summed E-state index contributed by atoms with van der Waals surface area (Å²) in [6.07, 6.45) is 1.47. The lowest BCUT2D eigenvalue weighted by molar-refractivity contribution is -0.114. The fourth-order valence-electron chi connectivity index (χ4n) is 0.988. The van der Waals surface area contributed by atoms with Gasteiger partial charge in [-0.1, -0.05) is 29.8 Å². The molecule has 0 aliphatic heterocycles. The lowest BCUT2D eigenvalue weighted by Gasteiger charge is -1.95. The third-order valence-electron chi connectivity index (χ3n) is 1.77. The fourth-order valence-corrected chi connectivity index (χ4v) is 0.988. The van der Waals surface area contributed by atoms with E-state index in [9.17, 15) is 4.79 Å². The number of nitrogens with two attached hydrogens (primary N) is 1. The molecule has 0 fully saturated rings. The second-order valence-corrected chi connectivity index (χ2v) is 2.94. The van der Waals surface area contributed by atoms with E-state index in [1.165, 1.54) is 6.08 Å². The summed E-state index contributed by atoms with van der Waals surface area (Å²) in [6.45, 7) is 1.97. The molecule has 3 heteroatoms. The van der Waals surface area contributed by atoms with Gasteiger partial charge in [0, 0.05) is 0 Å². The maximum Gasteiger partial charge on any atom is 0.259 e. The maximum absolute atomic E-state index is 10.7. The SMILES string of the molecule is Cc1ccc(C=C(C#N)C(N)=O)cc1. The molecular weight excluding hydrogens is 176 g/mol. The average Bonchev–Trinajstić information content (AvgIpc) is 2.16. The first-order valence-corrected chi connectivity index (χ1v) is 4.12. The van der Waals surface area contributed by atoms with Crippen LogP contribution in [0.2, 0.25) is 0 Å². The summed E-state index contributed by atoms with van der Waals surface area (Å²) < 4.78 is 0. The van der Waals surface area contributed by atoms with Crippen molar-refractivity contribution in [3.8, 4) is 6.07 Å². The molecule has 0 bridgehead atoms. The molecule has 1 rings (SSSR count). The summed E-state index contributed by atoms with van der Waals surface area (Å²) >= 11 is 0. The van der Waals surface area contributed by atoms with Gasteiger partial charge in [-0.05, 0) is 18.6 Å². The van der Waals surface area contributed by atoms with Gasteiger partial charge < -0.3 is 5.73 Å². The smallest absolute Gasteiger partial charge is 0.259 e. The van der Waals surface area contributed by atoms with E-state index in [0.717, 1.165) is 11.1 Å². The molecule has 0 heterocycles. The van der Waals surface area contributed by atoms with E-state index in [1.807, 2.05) is 31.2 Å². The first kappa shape index (κ1) is 10.0. The highest BCUT2D eigenvalue weighted by Gasteiger charge is 2.02. The summed E-state index contributed by atoms with van der Waals surface area (Å²) in [7, 11) is 0. The molecule has 1 aromatic carbocycles. The van der Waals surface area contributed by atoms with Gasteiger partial charge in [0.25, 0.3) is 5.91 Å². The van der Waals surface area contributed by atoms with E-state index >= 15 is 0 Å². The number of primary amides is 1. The monoisotopic (exact) mass is 186 g/mol. The third-order valence-corrected chi connectivity index (χ3v) is 1.77. The number of carbonyl (C=O) groups excluding carboxylic acids is 1. The van der Waals surface area contributed by atoms with Crippen molar-refractivity contribution in [2.75, 3.05) is 0 Å². The number of nitriles is 1. The van der Waals surface area contributed by atoms with Crippen LogP contribution < -0.4 is 5.73 Å². The van der Waals surface area contributed by atoms with Crippen LogP contribution in [-0.4, -0.2) is 5.91 Å². The largest absolute Gasteiger partial charge is 0.365 e. The molecule has 70 valence electrons. The standard InChI is InChI=1S/C11H10N2O/c1-8-2-4-9(5-3-8)6-10(7-12)11(13)14/h2-6H,1H3,(H2,13,14). The lowest BCUT2D eigenvalue weighted by Crippen LogP contribution is -2.12. The minimum absolute atomic E-state index is 0.0335. The Morgan fingerprint density at radius 1 is 1.43 bits per heavy atom. The second kappa shape index (κ2) is 4.24. The molecule has 0 saturated carbocycles. The van der Waals surface area contributed by atoms with E-state index in [4.69, 9.17) is 11.0 Å². The summed E-state index contributed by atoms with van der Waals surface area (Å²) in [5.74, 6) is -0.701. The summed E-state index contributed by atoms with van der Waals surface area (Å²) in [6, 6.07) is 9.22. The molecule has 0 atom stereocenters. The van der Waals surface area contributed by atoms with Gasteiger partial charge in [0.15, 0.2) is 0 Å². The van der Waals surface area contributed by atoms with E-state index in [2.05, 4.69) is 0 Å². The topological polar surface area (TPSA) is 66.9 Å². The normalized spacial score (nSPS) is 10.7. The number of rotatable bonds is 2. The van der Waals surface area contributed by atoms with Crippen LogP contribution in [-0.2, 0) is 4.79 Å². The van der Waals surface area contributed by atoms with E-state index in [-0.39, 0.29) is 5.57 Å². The van der Waals surface area contributed by atoms with Gasteiger partial charge in [-0.2, -0.15) is 5.26 Å². The van der Waals surface area contributed by atoms with Crippen LogP contribution in [0.3, 0.4) is 0 Å². The van der Waals surface area contributed by atoms with Crippen molar-refractivity contribution in [3.63, 3.8) is 0 Å². The Balaban J connectivity index is 3.03. The molecule has 14 heavy (non-hydrogen) atoms. The Morgan fingerprint density at radius 2 is 2.00 bits per heavy atom. The average molecular weight is 186 g/mol. The molecule has 2 N–H and O–H groups in total. The number of carbonyl (C=O) groups is 1. The van der Waals surface area contributed by atoms with Crippen LogP contribution in [0.5, 0.6) is 0 Å². The predicted molar refractivity (Wildman–Crippen MR) is 54.0 cm³/mol. The van der Waals surface area contributed by atoms with Gasteiger partial charge in [0.2, 0.25) is 0 Å². The molecular formula is C11H10N2O. The predicted octanol–water partition coefficient (Wildman–Crippen LogP) is 1.39. The molecule has 0 saturated heterocycles. The van der Waals surface area contributed by atoms with Gasteiger partial charge in [-0.15, -0.1) is 0 Å². The molecule has 0 aliphatic rings. The van der Waals surface area contributed by atoms with E-state index in [1.54, 1.807) is 6.07 Å². The van der Waals surface area contributed by atoms with Crippen molar-refractivity contribution in [3.05, 3.63) is 41.0 Å². The van der Waals surface area contributed by atoms with Crippen molar-refractivity contribution in [2.45, 2.75) is 6.92 Å². The highest BCUT2D eigenvalue weighted by molar-refractivity contribution is 6.00. The van der Waals surface area contributed by atoms with Gasteiger partial charge in [0.05, 0.1) is 0 Å². The number of hydrogen-bond donors (Lipinski definition) is 1. The molecule has 3 nitrogen and oxygen atoms in total. The van der Waals surface area contributed by atoms with Gasteiger partial charge in [0.1, 0.15) is 11.6 Å². The molecule has 0 radical (unpaired) electrons. The highest BCUT2D eigenvalue weighted by atomic mass is 16.1. The van der Waals surface area contributed by atoms with Crippen molar-refractivity contribution in [1.29, 1.82) is 5.26 Å². The summed E-state index contributed by atoms with van der Waals surface area (Å²) in [5.41, 5.74) is 6.88. The van der Waals surface area contributed by atoms with Gasteiger partial charge in [-0.25, -0.2) is 0 Å². The second-order valence-electron chi connectivity index (χ2n) is 2.94. The zero-order valence-corrected chi connectivity index (χ0v) is 7.82. The van der Waals surface area contributed by atoms with Crippen LogP contribution in [0.25, 0.3) is 6.08 Å². The number of amides is 1. The van der Waals surface area contributed by atoms with Crippen molar-refractivity contribution < 1.29 is 4.79 Å². The fraction of sp³-hybridized carbons (Fsp3) is 0.0909. The first-order chi connectivity index (χ1) is 6.63. The first-order valence-electron chi connectivity index (χ1n) is 4.12. The molecule has 0 spiro atoms. The molecule has 1 aromatic rings. The molecule has 1 amide bonds. The minimum Gasteiger partial charge on any atom is -0.365 e. The Bertz CT molecular complexity index is 410. The minimum atomic E-state index is -0.701. The van der Waals surface area contributed by atoms with E-state index in [0.29, 0.717) is 0 Å². The van der Waals surface area contributed by atoms with Crippen molar-refractivity contribution in [1.82, 2.24) is 0 Å². The molecule has 0 aromatic heterocycles. The van der Waals surface area contributed by atoms with Crippen LogP contribution in [0.15, 0.2) is 29.8 Å². The zero-order chi connectivity index (χ0) is 10.6. The maximum atomic E-state index is 10.7. The summed E-state index contributed by atoms with van der Waals surface area (Å²) in [4.78, 5) is 10.7. The van der Waals surface area contributed by atoms with Crippen LogP contribution in [0.1, 0.15) is 11.1 Å². The van der Waals surface area contributed by atoms with Crippen molar-refractivity contribution in [2.24, 2.45) is 5.73 Å². The Labute approximate surface area is 82.5 Å². The third kappa shape index (κ3) is 2.46. The Kier molecular flexibility index (Phi) is 3.03. The number of aryl methyl sites for hydroxylation is 1. The van der Waals surface area contributed by atoms with Crippen LogP contribution in [0, 0.1) is 18.3 Å². The quantitative estimate of drug-likeness (QED) is 0.560. The molecule has 0 unspecified atom stereocenters.